The molecule has 3 nitrogen and oxygen atoms in total. The van der Waals surface area contributed by atoms with Crippen molar-refractivity contribution in [2.45, 2.75) is 52.2 Å². The molecule has 2 N–H and O–H groups in total. The summed E-state index contributed by atoms with van der Waals surface area (Å²) in [6.07, 6.45) is 1.90. The van der Waals surface area contributed by atoms with E-state index in [4.69, 9.17) is 17.0 Å². The van der Waals surface area contributed by atoms with Crippen molar-refractivity contribution < 1.29 is 4.74 Å². The molecule has 25 heavy (non-hydrogen) atoms. The second-order valence-electron chi connectivity index (χ2n) is 7.31. The zero-order valence-corrected chi connectivity index (χ0v) is 16.2. The van der Waals surface area contributed by atoms with E-state index in [0.29, 0.717) is 5.11 Å². The van der Waals surface area contributed by atoms with Gasteiger partial charge in [-0.15, -0.1) is 0 Å². The molecule has 0 spiro atoms. The first-order chi connectivity index (χ1) is 11.9. The van der Waals surface area contributed by atoms with E-state index in [1.54, 1.807) is 0 Å². The van der Waals surface area contributed by atoms with Gasteiger partial charge in [-0.3, -0.25) is 0 Å². The first-order valence-electron chi connectivity index (χ1n) is 8.82. The van der Waals surface area contributed by atoms with Gasteiger partial charge in [-0.25, -0.2) is 0 Å². The molecule has 2 aromatic rings. The fraction of sp³-hybridized carbons (Fsp3) is 0.381. The third-order valence-corrected chi connectivity index (χ3v) is 4.77. The smallest absolute Gasteiger partial charge is 0.171 e. The fourth-order valence-corrected chi connectivity index (χ4v) is 3.50. The Labute approximate surface area is 155 Å². The van der Waals surface area contributed by atoms with Crippen LogP contribution in [0.1, 0.15) is 49.9 Å². The highest BCUT2D eigenvalue weighted by Gasteiger charge is 2.34. The highest BCUT2D eigenvalue weighted by atomic mass is 32.1. The van der Waals surface area contributed by atoms with Gasteiger partial charge in [0.1, 0.15) is 11.4 Å². The second kappa shape index (κ2) is 7.04. The van der Waals surface area contributed by atoms with E-state index in [0.717, 1.165) is 29.8 Å². The average Bonchev–Trinajstić information content (AvgIpc) is 2.54. The third kappa shape index (κ3) is 4.31. The Hall–Kier alpha value is -2.07. The van der Waals surface area contributed by atoms with Crippen molar-refractivity contribution in [3.63, 3.8) is 0 Å². The number of hydrogen-bond donors (Lipinski definition) is 2. The van der Waals surface area contributed by atoms with Crippen LogP contribution in [-0.4, -0.2) is 10.7 Å². The number of benzene rings is 2. The molecule has 0 aromatic heterocycles. The summed E-state index contributed by atoms with van der Waals surface area (Å²) in [5.41, 5.74) is 4.46. The minimum Gasteiger partial charge on any atom is -0.487 e. The standard InChI is InChI=1S/C21H26N2OS/c1-5-15-7-9-16(10-8-15)22-20(25)23-18-13-21(3,4)24-19-12-14(2)6-11-17(18)19/h6-12,18H,5,13H2,1-4H3,(H2,22,23,25). The molecule has 3 rings (SSSR count). The molecule has 2 aromatic carbocycles. The number of rotatable bonds is 3. The molecule has 0 bridgehead atoms. The summed E-state index contributed by atoms with van der Waals surface area (Å²) in [5, 5.41) is 7.39. The minimum absolute atomic E-state index is 0.134. The van der Waals surface area contributed by atoms with E-state index in [1.807, 2.05) is 0 Å². The molecule has 1 aliphatic heterocycles. The molecule has 0 fully saturated rings. The van der Waals surface area contributed by atoms with Gasteiger partial charge in [0.05, 0.1) is 6.04 Å². The molecule has 0 saturated heterocycles. The van der Waals surface area contributed by atoms with Crippen molar-refractivity contribution in [2.75, 3.05) is 5.32 Å². The number of nitrogens with one attached hydrogen (secondary N) is 2. The van der Waals surface area contributed by atoms with E-state index in [1.165, 1.54) is 11.1 Å². The Kier molecular flexibility index (Phi) is 5.00. The SMILES string of the molecule is CCc1ccc(NC(=S)NC2CC(C)(C)Oc3cc(C)ccc32)cc1. The quantitative estimate of drug-likeness (QED) is 0.747. The lowest BCUT2D eigenvalue weighted by Crippen LogP contribution is -2.42. The fourth-order valence-electron chi connectivity index (χ4n) is 3.24. The summed E-state index contributed by atoms with van der Waals surface area (Å²) >= 11 is 5.54. The molecular formula is C21H26N2OS. The van der Waals surface area contributed by atoms with Crippen LogP contribution in [-0.2, 0) is 6.42 Å². The molecule has 0 aliphatic carbocycles. The zero-order valence-electron chi connectivity index (χ0n) is 15.3. The monoisotopic (exact) mass is 354 g/mol. The summed E-state index contributed by atoms with van der Waals surface area (Å²) in [7, 11) is 0. The van der Waals surface area contributed by atoms with E-state index in [9.17, 15) is 0 Å². The Bertz CT molecular complexity index is 768. The van der Waals surface area contributed by atoms with E-state index >= 15 is 0 Å². The molecule has 0 amide bonds. The topological polar surface area (TPSA) is 33.3 Å². The van der Waals surface area contributed by atoms with Gasteiger partial charge in [0.2, 0.25) is 0 Å². The summed E-state index contributed by atoms with van der Waals surface area (Å²) in [6, 6.07) is 14.9. The summed E-state index contributed by atoms with van der Waals surface area (Å²) in [4.78, 5) is 0. The lowest BCUT2D eigenvalue weighted by molar-refractivity contribution is 0.0696. The zero-order chi connectivity index (χ0) is 18.0. The van der Waals surface area contributed by atoms with Gasteiger partial charge in [0, 0.05) is 17.7 Å². The van der Waals surface area contributed by atoms with Gasteiger partial charge in [0.25, 0.3) is 0 Å². The Morgan fingerprint density at radius 2 is 1.92 bits per heavy atom. The normalized spacial score (nSPS) is 18.0. The maximum absolute atomic E-state index is 6.15. The van der Waals surface area contributed by atoms with Gasteiger partial charge in [-0.05, 0) is 68.7 Å². The van der Waals surface area contributed by atoms with Crippen molar-refractivity contribution >= 4 is 23.0 Å². The Morgan fingerprint density at radius 1 is 1.20 bits per heavy atom. The maximum atomic E-state index is 6.15. The van der Waals surface area contributed by atoms with Crippen LogP contribution in [0, 0.1) is 6.92 Å². The number of thiocarbonyl (C=S) groups is 1. The number of fused-ring (bicyclic) bond motifs is 1. The number of aryl methyl sites for hydroxylation is 2. The Morgan fingerprint density at radius 3 is 2.60 bits per heavy atom. The summed E-state index contributed by atoms with van der Waals surface area (Å²) in [6.45, 7) is 8.47. The molecule has 132 valence electrons. The first-order valence-corrected chi connectivity index (χ1v) is 9.23. The van der Waals surface area contributed by atoms with Gasteiger partial charge < -0.3 is 15.4 Å². The molecule has 0 radical (unpaired) electrons. The van der Waals surface area contributed by atoms with E-state index < -0.39 is 0 Å². The third-order valence-electron chi connectivity index (χ3n) is 4.55. The lowest BCUT2D eigenvalue weighted by Gasteiger charge is -2.38. The van der Waals surface area contributed by atoms with Crippen LogP contribution in [0.5, 0.6) is 5.75 Å². The average molecular weight is 355 g/mol. The highest BCUT2D eigenvalue weighted by Crippen LogP contribution is 2.39. The van der Waals surface area contributed by atoms with Gasteiger partial charge in [0.15, 0.2) is 5.11 Å². The molecule has 1 heterocycles. The lowest BCUT2D eigenvalue weighted by atomic mass is 9.89. The summed E-state index contributed by atoms with van der Waals surface area (Å²) in [5.74, 6) is 0.948. The summed E-state index contributed by atoms with van der Waals surface area (Å²) < 4.78 is 6.15. The highest BCUT2D eigenvalue weighted by molar-refractivity contribution is 7.80. The number of hydrogen-bond acceptors (Lipinski definition) is 2. The Balaban J connectivity index is 1.74. The molecule has 1 aliphatic rings. The first kappa shape index (κ1) is 17.7. The number of ether oxygens (including phenoxy) is 1. The minimum atomic E-state index is -0.225. The molecule has 0 saturated carbocycles. The molecule has 1 atom stereocenters. The van der Waals surface area contributed by atoms with Crippen LogP contribution < -0.4 is 15.4 Å². The maximum Gasteiger partial charge on any atom is 0.171 e. The van der Waals surface area contributed by atoms with Crippen molar-refractivity contribution in [2.24, 2.45) is 0 Å². The van der Waals surface area contributed by atoms with Gasteiger partial charge >= 0.3 is 0 Å². The van der Waals surface area contributed by atoms with Gasteiger partial charge in [-0.2, -0.15) is 0 Å². The van der Waals surface area contributed by atoms with Crippen LogP contribution in [0.4, 0.5) is 5.69 Å². The predicted octanol–water partition coefficient (Wildman–Crippen LogP) is 5.15. The van der Waals surface area contributed by atoms with Crippen LogP contribution >= 0.6 is 12.2 Å². The van der Waals surface area contributed by atoms with Crippen LogP contribution in [0.25, 0.3) is 0 Å². The van der Waals surface area contributed by atoms with Crippen LogP contribution in [0.2, 0.25) is 0 Å². The van der Waals surface area contributed by atoms with Crippen LogP contribution in [0.3, 0.4) is 0 Å². The van der Waals surface area contributed by atoms with E-state index in [2.05, 4.69) is 80.8 Å². The van der Waals surface area contributed by atoms with Crippen molar-refractivity contribution in [1.82, 2.24) is 5.32 Å². The van der Waals surface area contributed by atoms with Crippen molar-refractivity contribution in [1.29, 1.82) is 0 Å². The molecule has 1 unspecified atom stereocenters. The predicted molar refractivity (Wildman–Crippen MR) is 108 cm³/mol. The molecule has 4 heteroatoms. The second-order valence-corrected chi connectivity index (χ2v) is 7.72. The molecular weight excluding hydrogens is 328 g/mol. The van der Waals surface area contributed by atoms with Gasteiger partial charge in [-0.1, -0.05) is 31.2 Å². The largest absolute Gasteiger partial charge is 0.487 e. The van der Waals surface area contributed by atoms with E-state index in [-0.39, 0.29) is 11.6 Å². The van der Waals surface area contributed by atoms with Crippen molar-refractivity contribution in [3.05, 3.63) is 59.2 Å². The van der Waals surface area contributed by atoms with Crippen molar-refractivity contribution in [3.8, 4) is 5.75 Å². The van der Waals surface area contributed by atoms with Crippen LogP contribution in [0.15, 0.2) is 42.5 Å². The number of anilines is 1.